The minimum atomic E-state index is -2.60. The van der Waals surface area contributed by atoms with Gasteiger partial charge in [0, 0.05) is 12.5 Å². The average Bonchev–Trinajstić information content (AvgIpc) is 2.11. The Balaban J connectivity index is 2.45. The van der Waals surface area contributed by atoms with E-state index in [2.05, 4.69) is 0 Å². The molecule has 1 aliphatic heterocycles. The van der Waals surface area contributed by atoms with Crippen molar-refractivity contribution in [1.29, 1.82) is 0 Å². The van der Waals surface area contributed by atoms with Gasteiger partial charge in [-0.25, -0.2) is 8.78 Å². The molecule has 9 heavy (non-hydrogen) atoms. The molecule has 1 aliphatic rings. The lowest BCUT2D eigenvalue weighted by Crippen LogP contribution is -2.26. The zero-order valence-corrected chi connectivity index (χ0v) is 5.40. The molecule has 1 heterocycles. The Morgan fingerprint density at radius 3 is 2.67 bits per heavy atom. The van der Waals surface area contributed by atoms with Crippen molar-refractivity contribution >= 4 is 0 Å². The van der Waals surface area contributed by atoms with Crippen LogP contribution >= 0.6 is 0 Å². The Labute approximate surface area is 54.9 Å². The van der Waals surface area contributed by atoms with Crippen molar-refractivity contribution in [2.75, 3.05) is 13.1 Å². The number of nitrogens with one attached hydrogen (secondary N) is 1. The molecule has 0 bridgehead atoms. The van der Waals surface area contributed by atoms with Crippen molar-refractivity contribution in [3.8, 4) is 0 Å². The minimum Gasteiger partial charge on any atom is -0.316 e. The monoisotopic (exact) mass is 136 g/mol. The van der Waals surface area contributed by atoms with Crippen LogP contribution in [0.4, 0.5) is 8.78 Å². The highest BCUT2D eigenvalue weighted by Crippen LogP contribution is 2.27. The Kier molecular flexibility index (Phi) is 1.38. The number of hydrogen-bond acceptors (Lipinski definition) is 1. The summed E-state index contributed by atoms with van der Waals surface area (Å²) in [6, 6.07) is 0. The number of hydrogen-bond donors (Lipinski definition) is 1. The number of halogens is 2. The topological polar surface area (TPSA) is 12.0 Å². The molecule has 0 aromatic carbocycles. The van der Waals surface area contributed by atoms with Crippen molar-refractivity contribution in [3.05, 3.63) is 0 Å². The Hall–Kier alpha value is -0.180. The minimum absolute atomic E-state index is 0.212. The van der Waals surface area contributed by atoms with Crippen LogP contribution in [0.2, 0.25) is 1.41 Å². The molecule has 3 heteroatoms. The van der Waals surface area contributed by atoms with E-state index in [9.17, 15) is 8.78 Å². The second-order valence-corrected chi connectivity index (χ2v) is 2.57. The first kappa shape index (κ1) is 5.59. The molecule has 1 saturated heterocycles. The van der Waals surface area contributed by atoms with Crippen LogP contribution in [0.1, 0.15) is 13.3 Å². The van der Waals surface area contributed by atoms with Crippen LogP contribution in [-0.4, -0.2) is 19.0 Å². The third kappa shape index (κ3) is 1.61. The quantitative estimate of drug-likeness (QED) is 0.572. The molecule has 1 N–H and O–H groups in total. The highest BCUT2D eigenvalue weighted by atomic mass is 19.3. The van der Waals surface area contributed by atoms with Gasteiger partial charge in [0.15, 0.2) is 0 Å². The standard InChI is InChI=1S/C6H11F2N/c1-6(7,8)5-2-3-9-4-5/h5,9H,2-4H2,1H3/t5-/m1/s1/i/hD. The molecule has 0 amide bonds. The van der Waals surface area contributed by atoms with Crippen molar-refractivity contribution in [2.24, 2.45) is 5.92 Å². The fraction of sp³-hybridized carbons (Fsp3) is 1.00. The van der Waals surface area contributed by atoms with Crippen molar-refractivity contribution in [2.45, 2.75) is 19.3 Å². The summed E-state index contributed by atoms with van der Waals surface area (Å²) in [6.07, 6.45) is 0.451. The maximum Gasteiger partial charge on any atom is 0.249 e. The van der Waals surface area contributed by atoms with Gasteiger partial charge in [-0.1, -0.05) is 0 Å². The van der Waals surface area contributed by atoms with Crippen LogP contribution in [0, 0.1) is 5.92 Å². The SMILES string of the molecule is [2H]N1CC[C@@H](C(C)(F)F)C1. The predicted octanol–water partition coefficient (Wildman–Crippen LogP) is 1.25. The molecule has 0 aromatic heterocycles. The van der Waals surface area contributed by atoms with Crippen LogP contribution in [0.3, 0.4) is 0 Å². The molecular formula is C6H11F2N. The van der Waals surface area contributed by atoms with Gasteiger partial charge in [0.2, 0.25) is 5.92 Å². The van der Waals surface area contributed by atoms with E-state index in [1.54, 1.807) is 0 Å². The summed E-state index contributed by atoms with van der Waals surface area (Å²) in [4.78, 5) is 0. The van der Waals surface area contributed by atoms with E-state index in [1.807, 2.05) is 0 Å². The smallest absolute Gasteiger partial charge is 0.249 e. The molecule has 0 radical (unpaired) electrons. The van der Waals surface area contributed by atoms with Crippen molar-refractivity contribution in [1.82, 2.24) is 5.31 Å². The first-order valence-electron chi connectivity index (χ1n) is 3.56. The van der Waals surface area contributed by atoms with E-state index in [4.69, 9.17) is 1.41 Å². The number of alkyl halides is 2. The van der Waals surface area contributed by atoms with E-state index in [1.165, 1.54) is 5.31 Å². The molecule has 1 nitrogen and oxygen atoms in total. The number of rotatable bonds is 1. The summed E-state index contributed by atoms with van der Waals surface area (Å²) in [5.41, 5.74) is 0. The van der Waals surface area contributed by atoms with E-state index in [0.717, 1.165) is 6.92 Å². The summed E-state index contributed by atoms with van der Waals surface area (Å²) in [6.45, 7) is 1.62. The Morgan fingerprint density at radius 1 is 1.78 bits per heavy atom. The second kappa shape index (κ2) is 2.21. The average molecular weight is 136 g/mol. The molecule has 0 saturated carbocycles. The Bertz CT molecular complexity index is 123. The summed E-state index contributed by atoms with van der Waals surface area (Å²) < 4.78 is 32.0. The highest BCUT2D eigenvalue weighted by molar-refractivity contribution is 4.80. The fourth-order valence-electron chi connectivity index (χ4n) is 0.999. The van der Waals surface area contributed by atoms with Crippen LogP contribution in [-0.2, 0) is 0 Å². The molecule has 1 atom stereocenters. The van der Waals surface area contributed by atoms with Crippen LogP contribution in [0.15, 0.2) is 0 Å². The molecule has 0 aliphatic carbocycles. The van der Waals surface area contributed by atoms with Gasteiger partial charge in [0.25, 0.3) is 0 Å². The van der Waals surface area contributed by atoms with E-state index < -0.39 is 11.8 Å². The largest absolute Gasteiger partial charge is 0.316 e. The van der Waals surface area contributed by atoms with E-state index in [-0.39, 0.29) is 6.54 Å². The van der Waals surface area contributed by atoms with Gasteiger partial charge in [-0.05, 0) is 19.9 Å². The third-order valence-corrected chi connectivity index (χ3v) is 1.70. The summed E-state index contributed by atoms with van der Waals surface area (Å²) >= 11 is 0. The van der Waals surface area contributed by atoms with Crippen molar-refractivity contribution < 1.29 is 10.2 Å². The first-order chi connectivity index (χ1) is 4.50. The molecule has 0 spiro atoms. The van der Waals surface area contributed by atoms with Crippen LogP contribution in [0.5, 0.6) is 0 Å². The molecule has 1 rings (SSSR count). The zero-order valence-electron chi connectivity index (χ0n) is 6.40. The normalized spacial score (nSPS) is 32.8. The summed E-state index contributed by atoms with van der Waals surface area (Å²) in [5, 5.41) is 1.20. The van der Waals surface area contributed by atoms with E-state index in [0.29, 0.717) is 13.0 Å². The third-order valence-electron chi connectivity index (χ3n) is 1.70. The molecule has 54 valence electrons. The van der Waals surface area contributed by atoms with Gasteiger partial charge in [-0.3, -0.25) is 0 Å². The van der Waals surface area contributed by atoms with Crippen LogP contribution in [0.25, 0.3) is 0 Å². The molecule has 0 unspecified atom stereocenters. The summed E-state index contributed by atoms with van der Waals surface area (Å²) in [5.74, 6) is -3.21. The lowest BCUT2D eigenvalue weighted by Gasteiger charge is -2.16. The lowest BCUT2D eigenvalue weighted by molar-refractivity contribution is -0.0314. The van der Waals surface area contributed by atoms with Gasteiger partial charge < -0.3 is 5.31 Å². The predicted molar refractivity (Wildman–Crippen MR) is 31.6 cm³/mol. The fourth-order valence-corrected chi connectivity index (χ4v) is 0.999. The highest BCUT2D eigenvalue weighted by Gasteiger charge is 2.35. The Morgan fingerprint density at radius 2 is 2.44 bits per heavy atom. The van der Waals surface area contributed by atoms with E-state index >= 15 is 0 Å². The molecule has 0 aromatic rings. The van der Waals surface area contributed by atoms with Gasteiger partial charge >= 0.3 is 0 Å². The molecule has 1 fully saturated rings. The maximum atomic E-state index is 12.5. The van der Waals surface area contributed by atoms with Gasteiger partial charge in [0.05, 0.1) is 0 Å². The van der Waals surface area contributed by atoms with Crippen molar-refractivity contribution in [3.63, 3.8) is 0 Å². The first-order valence-corrected chi connectivity index (χ1v) is 3.12. The maximum absolute atomic E-state index is 12.5. The second-order valence-electron chi connectivity index (χ2n) is 2.57. The van der Waals surface area contributed by atoms with Gasteiger partial charge in [0.1, 0.15) is 1.41 Å². The molecular weight excluding hydrogens is 124 g/mol. The van der Waals surface area contributed by atoms with Gasteiger partial charge in [-0.15, -0.1) is 0 Å². The van der Waals surface area contributed by atoms with Crippen LogP contribution < -0.4 is 5.31 Å². The lowest BCUT2D eigenvalue weighted by atomic mass is 10.0. The summed E-state index contributed by atoms with van der Waals surface area (Å²) in [7, 11) is 0. The van der Waals surface area contributed by atoms with Gasteiger partial charge in [-0.2, -0.15) is 0 Å². The zero-order chi connectivity index (χ0) is 7.78.